The largest absolute Gasteiger partial charge is 0.352 e. The second-order valence-electron chi connectivity index (χ2n) is 17.7. The first-order valence-electron chi connectivity index (χ1n) is 21.2. The molecule has 2 fully saturated rings. The number of likely N-dealkylation sites (N-methyl/N-ethyl adjacent to an activating group) is 2. The molecule has 0 spiro atoms. The summed E-state index contributed by atoms with van der Waals surface area (Å²) in [5.41, 5.74) is 2.00. The standard InChI is InChI=1S/C44H59ClF3N9O4/c1-9-10-33(53-40(58)23(2)49-7)42(60)55-20-27(47)16-29(55)19-32-31-13-11-25(45)15-34(31)51-37(32)39-52-35-18-26(46)12-14-36(35)57(39)22-30-17-28(48)21-56(30)43(61)38(44(4,5)6)54-41(59)24(3)50-8/h11-15,18,23-24,27-30,33,38,49-51H,9-10,16-17,19-22H2,1-8H3,(H,53,58)(H,54,59)/t23-,24-,27-,28-,29-,30-,33-,38+/m0/s1. The zero-order valence-electron chi connectivity index (χ0n) is 36.2. The summed E-state index contributed by atoms with van der Waals surface area (Å²) >= 11 is 6.49. The fourth-order valence-corrected chi connectivity index (χ4v) is 8.74. The zero-order chi connectivity index (χ0) is 44.5. The molecule has 6 rings (SSSR count). The summed E-state index contributed by atoms with van der Waals surface area (Å²) in [6.07, 6.45) is -1.40. The van der Waals surface area contributed by atoms with Crippen molar-refractivity contribution < 1.29 is 32.3 Å². The molecule has 4 amide bonds. The van der Waals surface area contributed by atoms with Crippen molar-refractivity contribution in [2.45, 2.75) is 129 Å². The average Bonchev–Trinajstić information content (AvgIpc) is 3.97. The van der Waals surface area contributed by atoms with E-state index in [0.717, 1.165) is 5.39 Å². The van der Waals surface area contributed by atoms with Crippen LogP contribution in [0.4, 0.5) is 13.2 Å². The van der Waals surface area contributed by atoms with Gasteiger partial charge in [0.2, 0.25) is 23.6 Å². The number of aromatic amines is 1. The highest BCUT2D eigenvalue weighted by molar-refractivity contribution is 6.31. The van der Waals surface area contributed by atoms with Crippen molar-refractivity contribution in [1.29, 1.82) is 0 Å². The SMILES string of the molecule is CCC[C@H](NC(=O)[C@H](C)NC)C(=O)N1C[C@@H](F)C[C@H]1Cc1c(-c2nc3cc(F)ccc3n2C[C@@H]2C[C@H](F)CN2C(=O)[C@@H](NC(=O)[C@H](C)NC)C(C)(C)C)[nH]c2cc(Cl)ccc12. The lowest BCUT2D eigenvalue weighted by Gasteiger charge is -2.36. The number of hydrogen-bond acceptors (Lipinski definition) is 7. The van der Waals surface area contributed by atoms with Crippen LogP contribution in [0.1, 0.15) is 72.8 Å². The number of aromatic nitrogens is 3. The van der Waals surface area contributed by atoms with Crippen LogP contribution in [-0.4, -0.2) is 124 Å². The van der Waals surface area contributed by atoms with Crippen LogP contribution < -0.4 is 21.3 Å². The van der Waals surface area contributed by atoms with E-state index in [2.05, 4.69) is 26.3 Å². The highest BCUT2D eigenvalue weighted by atomic mass is 35.5. The summed E-state index contributed by atoms with van der Waals surface area (Å²) < 4.78 is 47.8. The van der Waals surface area contributed by atoms with Gasteiger partial charge < -0.3 is 40.6 Å². The lowest BCUT2D eigenvalue weighted by molar-refractivity contribution is -0.140. The molecule has 0 aliphatic carbocycles. The van der Waals surface area contributed by atoms with Crippen molar-refractivity contribution in [3.63, 3.8) is 0 Å². The highest BCUT2D eigenvalue weighted by Gasteiger charge is 2.44. The van der Waals surface area contributed by atoms with Crippen LogP contribution in [0.2, 0.25) is 5.02 Å². The van der Waals surface area contributed by atoms with Gasteiger partial charge in [0.05, 0.1) is 47.9 Å². The Morgan fingerprint density at radius 1 is 0.902 bits per heavy atom. The molecule has 61 heavy (non-hydrogen) atoms. The summed E-state index contributed by atoms with van der Waals surface area (Å²) in [6.45, 7) is 10.6. The number of rotatable bonds is 15. The number of amides is 4. The monoisotopic (exact) mass is 869 g/mol. The molecule has 0 radical (unpaired) electrons. The molecule has 17 heteroatoms. The quantitative estimate of drug-likeness (QED) is 0.107. The minimum absolute atomic E-state index is 0.0124. The van der Waals surface area contributed by atoms with Crippen LogP contribution in [0.5, 0.6) is 0 Å². The normalized spacial score (nSPS) is 21.5. The summed E-state index contributed by atoms with van der Waals surface area (Å²) in [5.74, 6) is -1.64. The number of H-pyrrole nitrogens is 1. The van der Waals surface area contributed by atoms with E-state index >= 15 is 8.78 Å². The van der Waals surface area contributed by atoms with Gasteiger partial charge in [-0.1, -0.05) is 51.8 Å². The van der Waals surface area contributed by atoms with Crippen molar-refractivity contribution in [1.82, 2.24) is 45.6 Å². The molecular weight excluding hydrogens is 811 g/mol. The number of benzene rings is 2. The summed E-state index contributed by atoms with van der Waals surface area (Å²) in [4.78, 5) is 66.0. The molecule has 5 N–H and O–H groups in total. The Bertz CT molecular complexity index is 2260. The maximum absolute atomic E-state index is 15.6. The molecule has 2 aliphatic rings. The molecule has 2 aromatic heterocycles. The molecule has 13 nitrogen and oxygen atoms in total. The van der Waals surface area contributed by atoms with E-state index in [0.29, 0.717) is 51.5 Å². The summed E-state index contributed by atoms with van der Waals surface area (Å²) in [6, 6.07) is 5.33. The Morgan fingerprint density at radius 3 is 2.15 bits per heavy atom. The van der Waals surface area contributed by atoms with Crippen LogP contribution in [0.15, 0.2) is 36.4 Å². The number of halogens is 4. The fraction of sp³-hybridized carbons (Fsp3) is 0.568. The van der Waals surface area contributed by atoms with Crippen molar-refractivity contribution in [3.8, 4) is 11.5 Å². The van der Waals surface area contributed by atoms with Crippen LogP contribution in [-0.2, 0) is 32.1 Å². The number of nitrogens with zero attached hydrogens (tertiary/aromatic N) is 4. The Morgan fingerprint density at radius 2 is 1.52 bits per heavy atom. The third-order valence-electron chi connectivity index (χ3n) is 12.2. The van der Waals surface area contributed by atoms with E-state index < -0.39 is 65.7 Å². The lowest BCUT2D eigenvalue weighted by Crippen LogP contribution is -2.58. The molecule has 2 saturated heterocycles. The topological polar surface area (TPSA) is 156 Å². The van der Waals surface area contributed by atoms with E-state index in [-0.39, 0.29) is 56.6 Å². The van der Waals surface area contributed by atoms with E-state index in [9.17, 15) is 23.6 Å². The van der Waals surface area contributed by atoms with E-state index in [1.54, 1.807) is 46.1 Å². The molecule has 4 heterocycles. The molecule has 2 aromatic carbocycles. The smallest absolute Gasteiger partial charge is 0.246 e. The van der Waals surface area contributed by atoms with Gasteiger partial charge in [-0.15, -0.1) is 0 Å². The predicted octanol–water partition coefficient (Wildman–Crippen LogP) is 5.43. The van der Waals surface area contributed by atoms with E-state index in [4.69, 9.17) is 16.6 Å². The zero-order valence-corrected chi connectivity index (χ0v) is 36.9. The van der Waals surface area contributed by atoms with Gasteiger partial charge in [0.1, 0.15) is 30.2 Å². The first-order valence-corrected chi connectivity index (χ1v) is 21.5. The number of fused-ring (bicyclic) bond motifs is 2. The second kappa shape index (κ2) is 18.7. The third-order valence-corrected chi connectivity index (χ3v) is 12.4. The maximum atomic E-state index is 15.6. The maximum Gasteiger partial charge on any atom is 0.246 e. The lowest BCUT2D eigenvalue weighted by atomic mass is 9.85. The minimum Gasteiger partial charge on any atom is -0.352 e. The van der Waals surface area contributed by atoms with Gasteiger partial charge in [-0.2, -0.15) is 0 Å². The molecule has 0 bridgehead atoms. The minimum atomic E-state index is -1.34. The van der Waals surface area contributed by atoms with Crippen molar-refractivity contribution in [3.05, 3.63) is 52.8 Å². The van der Waals surface area contributed by atoms with E-state index in [1.165, 1.54) is 21.9 Å². The van der Waals surface area contributed by atoms with Crippen molar-refractivity contribution in [2.24, 2.45) is 5.41 Å². The van der Waals surface area contributed by atoms with E-state index in [1.807, 2.05) is 38.3 Å². The number of nitrogens with one attached hydrogen (secondary N) is 5. The number of alkyl halides is 2. The first kappa shape index (κ1) is 45.8. The molecule has 0 unspecified atom stereocenters. The summed E-state index contributed by atoms with van der Waals surface area (Å²) in [5, 5.41) is 12.7. The number of imidazole rings is 1. The summed E-state index contributed by atoms with van der Waals surface area (Å²) in [7, 11) is 3.30. The highest BCUT2D eigenvalue weighted by Crippen LogP contribution is 2.38. The molecule has 4 aromatic rings. The molecular formula is C44H59ClF3N9O4. The van der Waals surface area contributed by atoms with Gasteiger partial charge in [0, 0.05) is 47.4 Å². The van der Waals surface area contributed by atoms with Gasteiger partial charge >= 0.3 is 0 Å². The Kier molecular flexibility index (Phi) is 14.1. The molecule has 2 aliphatic heterocycles. The van der Waals surface area contributed by atoms with Gasteiger partial charge in [0.15, 0.2) is 5.82 Å². The van der Waals surface area contributed by atoms with Crippen LogP contribution in [0.3, 0.4) is 0 Å². The predicted molar refractivity (Wildman–Crippen MR) is 231 cm³/mol. The average molecular weight is 870 g/mol. The van der Waals surface area contributed by atoms with Crippen LogP contribution in [0.25, 0.3) is 33.5 Å². The Labute approximate surface area is 359 Å². The van der Waals surface area contributed by atoms with Crippen LogP contribution >= 0.6 is 11.6 Å². The first-order chi connectivity index (χ1) is 28.8. The molecule has 332 valence electrons. The third kappa shape index (κ3) is 9.86. The van der Waals surface area contributed by atoms with Gasteiger partial charge in [-0.25, -0.2) is 18.2 Å². The Balaban J connectivity index is 1.42. The van der Waals surface area contributed by atoms with Crippen LogP contribution in [0, 0.1) is 11.2 Å². The number of likely N-dealkylation sites (tertiary alicyclic amines) is 2. The Hall–Kier alpha value is -4.67. The van der Waals surface area contributed by atoms with Crippen molar-refractivity contribution >= 4 is 57.2 Å². The fourth-order valence-electron chi connectivity index (χ4n) is 8.57. The number of carbonyl (C=O) groups excluding carboxylic acids is 4. The number of carbonyl (C=O) groups is 4. The van der Waals surface area contributed by atoms with Crippen molar-refractivity contribution in [2.75, 3.05) is 27.2 Å². The number of hydrogen-bond donors (Lipinski definition) is 5. The van der Waals surface area contributed by atoms with Gasteiger partial charge in [-0.3, -0.25) is 19.2 Å². The second-order valence-corrected chi connectivity index (χ2v) is 18.1. The van der Waals surface area contributed by atoms with Gasteiger partial charge in [0.25, 0.3) is 0 Å². The molecule has 8 atom stereocenters. The molecule has 0 saturated carbocycles. The van der Waals surface area contributed by atoms with Gasteiger partial charge in [-0.05, 0) is 76.0 Å².